The lowest BCUT2D eigenvalue weighted by Gasteiger charge is -2.08. The molecule has 0 N–H and O–H groups in total. The van der Waals surface area contributed by atoms with Crippen LogP contribution in [-0.2, 0) is 4.74 Å². The Balaban J connectivity index is 2.06. The molecule has 6 nitrogen and oxygen atoms in total. The summed E-state index contributed by atoms with van der Waals surface area (Å²) in [5.74, 6) is -0.489. The first kappa shape index (κ1) is 15.9. The fourth-order valence-electron chi connectivity index (χ4n) is 2.29. The molecule has 0 radical (unpaired) electrons. The molecule has 0 aliphatic carbocycles. The second-order valence-electron chi connectivity index (χ2n) is 4.75. The van der Waals surface area contributed by atoms with E-state index in [1.165, 1.54) is 29.0 Å². The van der Waals surface area contributed by atoms with Crippen LogP contribution in [0, 0.1) is 0 Å². The van der Waals surface area contributed by atoms with Crippen LogP contribution in [0.5, 0.6) is 5.75 Å². The van der Waals surface area contributed by atoms with E-state index in [4.69, 9.17) is 4.74 Å². The first-order valence-electron chi connectivity index (χ1n) is 7.15. The Morgan fingerprint density at radius 1 is 1.33 bits per heavy atom. The number of ether oxygens (including phenoxy) is 2. The van der Waals surface area contributed by atoms with Gasteiger partial charge in [-0.1, -0.05) is 12.1 Å². The molecule has 0 atom stereocenters. The number of alkyl halides is 2. The van der Waals surface area contributed by atoms with Crippen molar-refractivity contribution in [3.63, 3.8) is 0 Å². The van der Waals surface area contributed by atoms with E-state index in [-0.39, 0.29) is 17.9 Å². The summed E-state index contributed by atoms with van der Waals surface area (Å²) in [7, 11) is 0. The van der Waals surface area contributed by atoms with Crippen molar-refractivity contribution in [3.8, 4) is 17.0 Å². The third-order valence-corrected chi connectivity index (χ3v) is 3.25. The molecule has 124 valence electrons. The van der Waals surface area contributed by atoms with Crippen LogP contribution in [0.2, 0.25) is 0 Å². The van der Waals surface area contributed by atoms with Crippen LogP contribution in [0.15, 0.2) is 42.7 Å². The van der Waals surface area contributed by atoms with Gasteiger partial charge in [-0.2, -0.15) is 13.9 Å². The molecular weight excluding hydrogens is 320 g/mol. The number of nitrogens with zero attached hydrogens (tertiary/aromatic N) is 3. The Morgan fingerprint density at radius 3 is 2.92 bits per heavy atom. The summed E-state index contributed by atoms with van der Waals surface area (Å²) < 4.78 is 35.6. The SMILES string of the molecule is CCOC(=O)c1cnn2c(-c3cccc(OC(F)F)c3)ccnc12. The van der Waals surface area contributed by atoms with E-state index >= 15 is 0 Å². The highest BCUT2D eigenvalue weighted by molar-refractivity contribution is 5.95. The van der Waals surface area contributed by atoms with Gasteiger partial charge in [-0.3, -0.25) is 0 Å². The number of hydrogen-bond donors (Lipinski definition) is 0. The van der Waals surface area contributed by atoms with Gasteiger partial charge < -0.3 is 9.47 Å². The van der Waals surface area contributed by atoms with Gasteiger partial charge in [0.25, 0.3) is 0 Å². The zero-order valence-corrected chi connectivity index (χ0v) is 12.6. The lowest BCUT2D eigenvalue weighted by atomic mass is 10.1. The average molecular weight is 333 g/mol. The molecule has 24 heavy (non-hydrogen) atoms. The number of fused-ring (bicyclic) bond motifs is 1. The van der Waals surface area contributed by atoms with E-state index < -0.39 is 12.6 Å². The summed E-state index contributed by atoms with van der Waals surface area (Å²) >= 11 is 0. The number of carbonyl (C=O) groups is 1. The highest BCUT2D eigenvalue weighted by atomic mass is 19.3. The maximum Gasteiger partial charge on any atom is 0.387 e. The minimum Gasteiger partial charge on any atom is -0.462 e. The summed E-state index contributed by atoms with van der Waals surface area (Å²) in [5, 5.41) is 4.15. The van der Waals surface area contributed by atoms with Gasteiger partial charge in [-0.15, -0.1) is 0 Å². The third kappa shape index (κ3) is 3.03. The van der Waals surface area contributed by atoms with Crippen molar-refractivity contribution in [1.29, 1.82) is 0 Å². The molecule has 1 aromatic carbocycles. The molecule has 0 bridgehead atoms. The molecule has 2 heterocycles. The molecule has 0 saturated heterocycles. The monoisotopic (exact) mass is 333 g/mol. The number of esters is 1. The van der Waals surface area contributed by atoms with Gasteiger partial charge in [0.05, 0.1) is 18.5 Å². The van der Waals surface area contributed by atoms with Crippen molar-refractivity contribution in [2.75, 3.05) is 6.61 Å². The quantitative estimate of drug-likeness (QED) is 0.671. The minimum absolute atomic E-state index is 0.0326. The fourth-order valence-corrected chi connectivity index (χ4v) is 2.29. The summed E-state index contributed by atoms with van der Waals surface area (Å²) in [6.07, 6.45) is 2.87. The standard InChI is InChI=1S/C16H13F2N3O3/c1-2-23-15(22)12-9-20-21-13(6-7-19-14(12)21)10-4-3-5-11(8-10)24-16(17)18/h3-9,16H,2H2,1H3. The lowest BCUT2D eigenvalue weighted by Crippen LogP contribution is -2.05. The predicted molar refractivity (Wildman–Crippen MR) is 81.0 cm³/mol. The van der Waals surface area contributed by atoms with Crippen LogP contribution in [0.4, 0.5) is 8.78 Å². The van der Waals surface area contributed by atoms with Crippen LogP contribution in [0.1, 0.15) is 17.3 Å². The zero-order valence-electron chi connectivity index (χ0n) is 12.6. The van der Waals surface area contributed by atoms with Crippen molar-refractivity contribution in [2.45, 2.75) is 13.5 Å². The summed E-state index contributed by atoms with van der Waals surface area (Å²) in [6.45, 7) is -0.960. The molecule has 0 aliphatic heterocycles. The van der Waals surface area contributed by atoms with E-state index in [1.807, 2.05) is 0 Å². The number of halogens is 2. The second-order valence-corrected chi connectivity index (χ2v) is 4.75. The van der Waals surface area contributed by atoms with E-state index in [0.29, 0.717) is 16.9 Å². The summed E-state index contributed by atoms with van der Waals surface area (Å²) in [5.41, 5.74) is 1.74. The van der Waals surface area contributed by atoms with Gasteiger partial charge in [-0.25, -0.2) is 14.3 Å². The normalized spacial score (nSPS) is 11.0. The van der Waals surface area contributed by atoms with Crippen molar-refractivity contribution in [2.24, 2.45) is 0 Å². The summed E-state index contributed by atoms with van der Waals surface area (Å²) in [4.78, 5) is 16.1. The molecule has 0 fully saturated rings. The molecule has 3 rings (SSSR count). The van der Waals surface area contributed by atoms with Crippen molar-refractivity contribution < 1.29 is 23.0 Å². The molecule has 2 aromatic heterocycles. The number of carbonyl (C=O) groups excluding carboxylic acids is 1. The van der Waals surface area contributed by atoms with Crippen LogP contribution >= 0.6 is 0 Å². The van der Waals surface area contributed by atoms with Gasteiger partial charge in [0, 0.05) is 11.8 Å². The van der Waals surface area contributed by atoms with Gasteiger partial charge in [0.15, 0.2) is 5.65 Å². The van der Waals surface area contributed by atoms with Gasteiger partial charge in [0.2, 0.25) is 0 Å². The fraction of sp³-hybridized carbons (Fsp3) is 0.188. The molecule has 0 saturated carbocycles. The van der Waals surface area contributed by atoms with Crippen LogP contribution in [-0.4, -0.2) is 33.8 Å². The molecule has 0 unspecified atom stereocenters. The topological polar surface area (TPSA) is 65.7 Å². The Labute approximate surface area is 135 Å². The Bertz CT molecular complexity index is 880. The average Bonchev–Trinajstić information content (AvgIpc) is 2.98. The largest absolute Gasteiger partial charge is 0.462 e. The molecule has 0 spiro atoms. The van der Waals surface area contributed by atoms with Crippen LogP contribution in [0.3, 0.4) is 0 Å². The Morgan fingerprint density at radius 2 is 2.17 bits per heavy atom. The molecule has 0 aliphatic rings. The van der Waals surface area contributed by atoms with Gasteiger partial charge in [0.1, 0.15) is 11.3 Å². The first-order valence-corrected chi connectivity index (χ1v) is 7.15. The van der Waals surface area contributed by atoms with Gasteiger partial charge in [-0.05, 0) is 25.1 Å². The zero-order chi connectivity index (χ0) is 17.1. The number of aromatic nitrogens is 3. The first-order chi connectivity index (χ1) is 11.6. The maximum absolute atomic E-state index is 12.4. The maximum atomic E-state index is 12.4. The van der Waals surface area contributed by atoms with Gasteiger partial charge >= 0.3 is 12.6 Å². The Hall–Kier alpha value is -3.03. The molecule has 3 aromatic rings. The van der Waals surface area contributed by atoms with E-state index in [2.05, 4.69) is 14.8 Å². The van der Waals surface area contributed by atoms with E-state index in [1.54, 1.807) is 25.1 Å². The van der Waals surface area contributed by atoms with Crippen LogP contribution < -0.4 is 4.74 Å². The number of benzene rings is 1. The minimum atomic E-state index is -2.90. The number of rotatable bonds is 5. The van der Waals surface area contributed by atoms with Crippen molar-refractivity contribution in [1.82, 2.24) is 14.6 Å². The predicted octanol–water partition coefficient (Wildman–Crippen LogP) is 3.17. The smallest absolute Gasteiger partial charge is 0.387 e. The highest BCUT2D eigenvalue weighted by Gasteiger charge is 2.17. The third-order valence-electron chi connectivity index (χ3n) is 3.25. The van der Waals surface area contributed by atoms with Crippen LogP contribution in [0.25, 0.3) is 16.9 Å². The Kier molecular flexibility index (Phi) is 4.37. The highest BCUT2D eigenvalue weighted by Crippen LogP contribution is 2.25. The molecule has 8 heteroatoms. The lowest BCUT2D eigenvalue weighted by molar-refractivity contribution is -0.0498. The van der Waals surface area contributed by atoms with Crippen molar-refractivity contribution in [3.05, 3.63) is 48.3 Å². The summed E-state index contributed by atoms with van der Waals surface area (Å²) in [6, 6.07) is 7.87. The second kappa shape index (κ2) is 6.61. The van der Waals surface area contributed by atoms with E-state index in [9.17, 15) is 13.6 Å². The molecule has 0 amide bonds. The number of hydrogen-bond acceptors (Lipinski definition) is 5. The van der Waals surface area contributed by atoms with E-state index in [0.717, 1.165) is 0 Å². The van der Waals surface area contributed by atoms with Crippen molar-refractivity contribution >= 4 is 11.6 Å². The molecular formula is C16H13F2N3O3.